The van der Waals surface area contributed by atoms with Gasteiger partial charge in [-0.2, -0.15) is 0 Å². The second-order valence-corrected chi connectivity index (χ2v) is 11.7. The van der Waals surface area contributed by atoms with Crippen molar-refractivity contribution in [2.24, 2.45) is 17.8 Å². The molecule has 0 radical (unpaired) electrons. The van der Waals surface area contributed by atoms with Crippen molar-refractivity contribution in [2.45, 2.75) is 83.6 Å². The van der Waals surface area contributed by atoms with E-state index >= 15 is 0 Å². The molecule has 3 aliphatic rings. The van der Waals surface area contributed by atoms with Crippen LogP contribution in [0.4, 0.5) is 5.69 Å². The number of aliphatic hydroxyl groups excluding tert-OH is 1. The zero-order valence-corrected chi connectivity index (χ0v) is 24.3. The SMILES string of the molecule is C=CCCCCOC(=O)[C@@H]1[C@H]2C(=O)N([C@@H](CO)C(C)C)C(C(=O)N(CC=C)c3c(C)cccc3C)C23CC[C@H]1O3. The molecule has 3 aliphatic heterocycles. The molecule has 218 valence electrons. The summed E-state index contributed by atoms with van der Waals surface area (Å²) in [5, 5.41) is 10.4. The van der Waals surface area contributed by atoms with Crippen LogP contribution in [0.25, 0.3) is 0 Å². The van der Waals surface area contributed by atoms with Gasteiger partial charge in [-0.25, -0.2) is 0 Å². The first-order valence-electron chi connectivity index (χ1n) is 14.5. The molecule has 2 bridgehead atoms. The number of allylic oxidation sites excluding steroid dienone is 1. The van der Waals surface area contributed by atoms with E-state index in [1.165, 1.54) is 4.90 Å². The van der Waals surface area contributed by atoms with Gasteiger partial charge in [0.2, 0.25) is 5.91 Å². The van der Waals surface area contributed by atoms with Gasteiger partial charge < -0.3 is 24.4 Å². The van der Waals surface area contributed by atoms with Crippen LogP contribution in [0.2, 0.25) is 0 Å². The maximum atomic E-state index is 14.7. The highest BCUT2D eigenvalue weighted by molar-refractivity contribution is 6.05. The number of carbonyl (C=O) groups excluding carboxylic acids is 3. The first-order chi connectivity index (χ1) is 19.1. The molecule has 1 aromatic carbocycles. The highest BCUT2D eigenvalue weighted by Gasteiger charge is 2.75. The topological polar surface area (TPSA) is 96.4 Å². The Balaban J connectivity index is 1.75. The van der Waals surface area contributed by atoms with E-state index < -0.39 is 41.6 Å². The van der Waals surface area contributed by atoms with Crippen LogP contribution in [0.15, 0.2) is 43.5 Å². The van der Waals surface area contributed by atoms with Crippen LogP contribution in [0.5, 0.6) is 0 Å². The van der Waals surface area contributed by atoms with Gasteiger partial charge >= 0.3 is 5.97 Å². The molecule has 4 rings (SSSR count). The van der Waals surface area contributed by atoms with E-state index in [1.54, 1.807) is 11.0 Å². The van der Waals surface area contributed by atoms with E-state index in [1.807, 2.05) is 52.0 Å². The molecule has 3 saturated heterocycles. The Morgan fingerprint density at radius 2 is 1.93 bits per heavy atom. The van der Waals surface area contributed by atoms with Gasteiger partial charge in [-0.15, -0.1) is 13.2 Å². The van der Waals surface area contributed by atoms with Crippen molar-refractivity contribution >= 4 is 23.5 Å². The van der Waals surface area contributed by atoms with Crippen LogP contribution in [-0.2, 0) is 23.9 Å². The minimum absolute atomic E-state index is 0.125. The van der Waals surface area contributed by atoms with Crippen LogP contribution in [0.1, 0.15) is 57.1 Å². The average Bonchev–Trinajstić information content (AvgIpc) is 3.55. The number of carbonyl (C=O) groups is 3. The number of unbranched alkanes of at least 4 members (excludes halogenated alkanes) is 2. The summed E-state index contributed by atoms with van der Waals surface area (Å²) in [6.07, 6.45) is 6.48. The Labute approximate surface area is 238 Å². The van der Waals surface area contributed by atoms with Gasteiger partial charge in [0.05, 0.1) is 37.2 Å². The Kier molecular flexibility index (Phi) is 9.20. The van der Waals surface area contributed by atoms with Gasteiger partial charge in [-0.1, -0.05) is 44.2 Å². The Hall–Kier alpha value is -2.97. The largest absolute Gasteiger partial charge is 0.465 e. The van der Waals surface area contributed by atoms with E-state index in [0.29, 0.717) is 19.3 Å². The number of hydrogen-bond acceptors (Lipinski definition) is 6. The Morgan fingerprint density at radius 1 is 1.23 bits per heavy atom. The molecule has 0 saturated carbocycles. The van der Waals surface area contributed by atoms with E-state index in [9.17, 15) is 19.5 Å². The van der Waals surface area contributed by atoms with Crippen molar-refractivity contribution in [3.8, 4) is 0 Å². The van der Waals surface area contributed by atoms with E-state index in [2.05, 4.69) is 13.2 Å². The average molecular weight is 553 g/mol. The maximum absolute atomic E-state index is 14.7. The van der Waals surface area contributed by atoms with Crippen LogP contribution in [0, 0.1) is 31.6 Å². The molecule has 8 nitrogen and oxygen atoms in total. The first-order valence-corrected chi connectivity index (χ1v) is 14.5. The van der Waals surface area contributed by atoms with Crippen molar-refractivity contribution in [1.29, 1.82) is 0 Å². The number of amides is 2. The normalized spacial score (nSPS) is 27.6. The fourth-order valence-corrected chi connectivity index (χ4v) is 7.07. The number of fused-ring (bicyclic) bond motifs is 1. The number of likely N-dealkylation sites (tertiary alicyclic amines) is 1. The lowest BCUT2D eigenvalue weighted by Gasteiger charge is -2.41. The van der Waals surface area contributed by atoms with Gasteiger partial charge in [0, 0.05) is 12.2 Å². The lowest BCUT2D eigenvalue weighted by atomic mass is 9.70. The first kappa shape index (κ1) is 30.0. The van der Waals surface area contributed by atoms with E-state index in [0.717, 1.165) is 29.7 Å². The minimum Gasteiger partial charge on any atom is -0.465 e. The van der Waals surface area contributed by atoms with Crippen LogP contribution in [0.3, 0.4) is 0 Å². The Bertz CT molecular complexity index is 1130. The van der Waals surface area contributed by atoms with Crippen molar-refractivity contribution < 1.29 is 29.0 Å². The molecule has 2 amide bonds. The smallest absolute Gasteiger partial charge is 0.312 e. The number of hydrogen-bond donors (Lipinski definition) is 1. The molecule has 0 aromatic heterocycles. The van der Waals surface area contributed by atoms with Gasteiger partial charge in [-0.3, -0.25) is 14.4 Å². The third-order valence-electron chi connectivity index (χ3n) is 8.89. The zero-order chi connectivity index (χ0) is 29.2. The second-order valence-electron chi connectivity index (χ2n) is 11.7. The molecule has 2 unspecified atom stereocenters. The highest BCUT2D eigenvalue weighted by atomic mass is 16.6. The molecule has 1 spiro atoms. The molecular weight excluding hydrogens is 508 g/mol. The summed E-state index contributed by atoms with van der Waals surface area (Å²) in [5.41, 5.74) is 1.46. The highest BCUT2D eigenvalue weighted by Crippen LogP contribution is 2.59. The number of aryl methyl sites for hydroxylation is 2. The third kappa shape index (κ3) is 5.00. The molecule has 1 N–H and O–H groups in total. The molecule has 0 aliphatic carbocycles. The quantitative estimate of drug-likeness (QED) is 0.225. The number of aliphatic hydroxyl groups is 1. The van der Waals surface area contributed by atoms with Gasteiger partial charge in [-0.05, 0) is 63.0 Å². The second kappa shape index (κ2) is 12.3. The summed E-state index contributed by atoms with van der Waals surface area (Å²) in [6.45, 7) is 15.6. The molecule has 40 heavy (non-hydrogen) atoms. The van der Waals surface area contributed by atoms with E-state index in [4.69, 9.17) is 9.47 Å². The van der Waals surface area contributed by atoms with Gasteiger partial charge in [0.25, 0.3) is 5.91 Å². The lowest BCUT2D eigenvalue weighted by molar-refractivity contribution is -0.156. The van der Waals surface area contributed by atoms with Gasteiger partial charge in [0.15, 0.2) is 0 Å². The summed E-state index contributed by atoms with van der Waals surface area (Å²) < 4.78 is 12.2. The summed E-state index contributed by atoms with van der Waals surface area (Å²) >= 11 is 0. The number of benzene rings is 1. The molecule has 8 heteroatoms. The zero-order valence-electron chi connectivity index (χ0n) is 24.3. The molecule has 3 fully saturated rings. The number of rotatable bonds is 13. The maximum Gasteiger partial charge on any atom is 0.312 e. The number of esters is 1. The molecule has 3 heterocycles. The molecular formula is C32H44N2O6. The summed E-state index contributed by atoms with van der Waals surface area (Å²) in [5.74, 6) is -2.79. The summed E-state index contributed by atoms with van der Waals surface area (Å²) in [4.78, 5) is 45.6. The van der Waals surface area contributed by atoms with Gasteiger partial charge in [0.1, 0.15) is 11.6 Å². The number of nitrogens with zero attached hydrogens (tertiary/aromatic N) is 2. The predicted octanol–water partition coefficient (Wildman–Crippen LogP) is 4.11. The molecule has 6 atom stereocenters. The lowest BCUT2D eigenvalue weighted by Crippen LogP contribution is -2.60. The fraction of sp³-hybridized carbons (Fsp3) is 0.594. The van der Waals surface area contributed by atoms with Crippen LogP contribution < -0.4 is 4.90 Å². The summed E-state index contributed by atoms with van der Waals surface area (Å²) in [7, 11) is 0. The van der Waals surface area contributed by atoms with Crippen LogP contribution in [-0.4, -0.2) is 71.3 Å². The Morgan fingerprint density at radius 3 is 2.52 bits per heavy atom. The number of para-hydroxylation sites is 1. The summed E-state index contributed by atoms with van der Waals surface area (Å²) in [6, 6.07) is 4.25. The van der Waals surface area contributed by atoms with E-state index in [-0.39, 0.29) is 37.5 Å². The van der Waals surface area contributed by atoms with Crippen molar-refractivity contribution in [2.75, 3.05) is 24.7 Å². The third-order valence-corrected chi connectivity index (χ3v) is 8.89. The van der Waals surface area contributed by atoms with Crippen molar-refractivity contribution in [3.05, 3.63) is 54.6 Å². The number of anilines is 1. The number of ether oxygens (including phenoxy) is 2. The minimum atomic E-state index is -1.16. The van der Waals surface area contributed by atoms with Crippen molar-refractivity contribution in [3.63, 3.8) is 0 Å². The predicted molar refractivity (Wildman–Crippen MR) is 154 cm³/mol. The van der Waals surface area contributed by atoms with Crippen molar-refractivity contribution in [1.82, 2.24) is 4.90 Å². The molecule has 1 aromatic rings. The van der Waals surface area contributed by atoms with Crippen LogP contribution >= 0.6 is 0 Å². The fourth-order valence-electron chi connectivity index (χ4n) is 7.07. The standard InChI is InChI=1S/C32H44N2O6/c1-7-9-10-11-18-39-31(38)25-24-15-16-32(40-24)26(25)29(36)34(23(19-35)20(3)4)28(32)30(37)33(17-8-2)27-21(5)13-12-14-22(27)6/h7-8,12-14,20,23-26,28,35H,1-2,9-11,15-19H2,3-6H3/t23-,24+,25-,26-,28?,32?/m0/s1. The monoisotopic (exact) mass is 552 g/mol.